The fourth-order valence-electron chi connectivity index (χ4n) is 1.19. The maximum absolute atomic E-state index is 10.5. The minimum Gasteiger partial charge on any atom is -0.387 e. The van der Waals surface area contributed by atoms with Crippen molar-refractivity contribution in [3.05, 3.63) is 11.9 Å². The molecule has 0 aromatic carbocycles. The first kappa shape index (κ1) is 11.8. The summed E-state index contributed by atoms with van der Waals surface area (Å²) in [5.41, 5.74) is 0. The molecule has 0 aliphatic carbocycles. The van der Waals surface area contributed by atoms with Gasteiger partial charge in [-0.1, -0.05) is 0 Å². The average Bonchev–Trinajstić information content (AvgIpc) is 2.42. The Morgan fingerprint density at radius 1 is 1.57 bits per heavy atom. The van der Waals surface area contributed by atoms with Gasteiger partial charge in [0.25, 0.3) is 0 Å². The van der Waals surface area contributed by atoms with E-state index in [2.05, 4.69) is 0 Å². The highest BCUT2D eigenvalue weighted by Crippen LogP contribution is 2.36. The molecule has 0 aromatic heterocycles. The maximum atomic E-state index is 10.5. The number of rotatable bonds is 3. The summed E-state index contributed by atoms with van der Waals surface area (Å²) in [6, 6.07) is 0. The predicted molar refractivity (Wildman–Crippen MR) is 47.7 cm³/mol. The van der Waals surface area contributed by atoms with E-state index >= 15 is 0 Å². The van der Waals surface area contributed by atoms with E-state index in [4.69, 9.17) is 19.3 Å². The molecule has 0 unspecified atom stereocenters. The molecule has 0 spiro atoms. The minimum absolute atomic E-state index is 0.216. The first-order valence-corrected chi connectivity index (χ1v) is 5.69. The van der Waals surface area contributed by atoms with Gasteiger partial charge in [-0.2, -0.15) is 0 Å². The molecule has 0 amide bonds. The molecule has 1 fully saturated rings. The molecule has 0 aromatic rings. The van der Waals surface area contributed by atoms with Crippen LogP contribution in [0.2, 0.25) is 0 Å². The lowest BCUT2D eigenvalue weighted by Crippen LogP contribution is -2.30. The molecule has 3 atom stereocenters. The van der Waals surface area contributed by atoms with Crippen molar-refractivity contribution in [2.45, 2.75) is 18.3 Å². The summed E-state index contributed by atoms with van der Waals surface area (Å²) in [5, 5.41) is 9.49. The molecule has 82 valence electrons. The third kappa shape index (κ3) is 3.16. The number of aliphatic hydroxyl groups is 1. The van der Waals surface area contributed by atoms with Gasteiger partial charge in [-0.15, -0.1) is 0 Å². The number of aliphatic hydroxyl groups excluding tert-OH is 1. The smallest absolute Gasteiger partial charge is 0.348 e. The molecular formula is C7H13O6P. The van der Waals surface area contributed by atoms with Gasteiger partial charge in [0.2, 0.25) is 0 Å². The maximum Gasteiger partial charge on any atom is 0.348 e. The Hall–Kier alpha value is -0.230. The van der Waals surface area contributed by atoms with Crippen LogP contribution in [0.25, 0.3) is 0 Å². The fraction of sp³-hybridized carbons (Fsp3) is 0.714. The van der Waals surface area contributed by atoms with E-state index in [9.17, 15) is 9.67 Å². The lowest BCUT2D eigenvalue weighted by atomic mass is 10.1. The molecule has 6 nitrogen and oxygen atoms in total. The van der Waals surface area contributed by atoms with Gasteiger partial charge in [-0.25, -0.2) is 0 Å². The third-order valence-electron chi connectivity index (χ3n) is 1.94. The molecule has 1 aliphatic heterocycles. The van der Waals surface area contributed by atoms with Crippen LogP contribution in [-0.2, 0) is 14.0 Å². The molecule has 3 N–H and O–H groups in total. The second-order valence-electron chi connectivity index (χ2n) is 2.99. The predicted octanol–water partition coefficient (Wildman–Crippen LogP) is -0.548. The lowest BCUT2D eigenvalue weighted by Gasteiger charge is -2.12. The van der Waals surface area contributed by atoms with Gasteiger partial charge in [-0.05, 0) is 6.08 Å². The first-order valence-electron chi connectivity index (χ1n) is 4.01. The Morgan fingerprint density at radius 3 is 2.64 bits per heavy atom. The normalized spacial score (nSPS) is 34.1. The van der Waals surface area contributed by atoms with Crippen LogP contribution in [0.4, 0.5) is 0 Å². The number of methoxy groups -OCH3 is 1. The lowest BCUT2D eigenvalue weighted by molar-refractivity contribution is 0.0140. The van der Waals surface area contributed by atoms with Gasteiger partial charge >= 0.3 is 7.60 Å². The highest BCUT2D eigenvalue weighted by Gasteiger charge is 2.34. The molecular weight excluding hydrogens is 211 g/mol. The van der Waals surface area contributed by atoms with Crippen LogP contribution in [0, 0.1) is 0 Å². The summed E-state index contributed by atoms with van der Waals surface area (Å²) in [6.45, 7) is 0.216. The Bertz CT molecular complexity index is 259. The van der Waals surface area contributed by atoms with E-state index < -0.39 is 25.9 Å². The van der Waals surface area contributed by atoms with Crippen molar-refractivity contribution in [1.29, 1.82) is 0 Å². The van der Waals surface area contributed by atoms with Crippen molar-refractivity contribution in [3.8, 4) is 0 Å². The molecule has 14 heavy (non-hydrogen) atoms. The second-order valence-corrected chi connectivity index (χ2v) is 4.47. The molecule has 0 radical (unpaired) electrons. The van der Waals surface area contributed by atoms with E-state index in [0.717, 1.165) is 11.9 Å². The summed E-state index contributed by atoms with van der Waals surface area (Å²) in [4.78, 5) is 17.1. The van der Waals surface area contributed by atoms with Crippen LogP contribution < -0.4 is 0 Å². The Morgan fingerprint density at radius 2 is 2.21 bits per heavy atom. The molecule has 1 saturated heterocycles. The zero-order chi connectivity index (χ0) is 10.8. The standard InChI is InChI=1S/C7H13O6P/c1-12-6-4-13-5(7(6)8)2-3-14(9,10)11/h2-3,5-8H,4H2,1H3,(H2,9,10,11)/b3-2+/t5-,6+,7-/m1/s1. The van der Waals surface area contributed by atoms with Gasteiger partial charge in [0.05, 0.1) is 6.61 Å². The zero-order valence-corrected chi connectivity index (χ0v) is 8.50. The molecule has 1 rings (SSSR count). The van der Waals surface area contributed by atoms with Gasteiger partial charge in [0.15, 0.2) is 0 Å². The van der Waals surface area contributed by atoms with Gasteiger partial charge in [0, 0.05) is 12.9 Å². The van der Waals surface area contributed by atoms with E-state index in [1.54, 1.807) is 0 Å². The van der Waals surface area contributed by atoms with E-state index in [1.807, 2.05) is 0 Å². The summed E-state index contributed by atoms with van der Waals surface area (Å²) in [6.07, 6.45) is -0.887. The monoisotopic (exact) mass is 224 g/mol. The molecule has 7 heteroatoms. The summed E-state index contributed by atoms with van der Waals surface area (Å²) >= 11 is 0. The SMILES string of the molecule is CO[C@H]1CO[C@H](/C=C/P(=O)(O)O)[C@H]1O. The highest BCUT2D eigenvalue weighted by molar-refractivity contribution is 7.55. The van der Waals surface area contributed by atoms with Crippen LogP contribution in [0.3, 0.4) is 0 Å². The van der Waals surface area contributed by atoms with Gasteiger partial charge < -0.3 is 24.4 Å². The Balaban J connectivity index is 2.56. The largest absolute Gasteiger partial charge is 0.387 e. The van der Waals surface area contributed by atoms with Crippen molar-refractivity contribution >= 4 is 7.60 Å². The molecule has 1 heterocycles. The summed E-state index contributed by atoms with van der Waals surface area (Å²) in [5.74, 6) is 0.721. The molecule has 0 saturated carbocycles. The van der Waals surface area contributed by atoms with E-state index in [1.165, 1.54) is 7.11 Å². The average molecular weight is 224 g/mol. The van der Waals surface area contributed by atoms with E-state index in [0.29, 0.717) is 0 Å². The minimum atomic E-state index is -4.19. The molecule has 1 aliphatic rings. The quantitative estimate of drug-likeness (QED) is 0.557. The number of ether oxygens (including phenoxy) is 2. The number of hydrogen-bond acceptors (Lipinski definition) is 4. The van der Waals surface area contributed by atoms with Crippen molar-refractivity contribution in [3.63, 3.8) is 0 Å². The first-order chi connectivity index (χ1) is 6.44. The van der Waals surface area contributed by atoms with Crippen LogP contribution in [0.5, 0.6) is 0 Å². The van der Waals surface area contributed by atoms with Crippen LogP contribution in [0.1, 0.15) is 0 Å². The third-order valence-corrected chi connectivity index (χ3v) is 2.50. The number of hydrogen-bond donors (Lipinski definition) is 3. The topological polar surface area (TPSA) is 96.2 Å². The highest BCUT2D eigenvalue weighted by atomic mass is 31.2. The summed E-state index contributed by atoms with van der Waals surface area (Å²) in [7, 11) is -2.75. The van der Waals surface area contributed by atoms with Crippen LogP contribution >= 0.6 is 7.60 Å². The summed E-state index contributed by atoms with van der Waals surface area (Å²) < 4.78 is 20.4. The van der Waals surface area contributed by atoms with Gasteiger partial charge in [0.1, 0.15) is 18.3 Å². The van der Waals surface area contributed by atoms with Crippen LogP contribution in [-0.4, -0.2) is 46.9 Å². The van der Waals surface area contributed by atoms with Crippen molar-refractivity contribution < 1.29 is 28.9 Å². The van der Waals surface area contributed by atoms with E-state index in [-0.39, 0.29) is 6.61 Å². The zero-order valence-electron chi connectivity index (χ0n) is 7.61. The van der Waals surface area contributed by atoms with Crippen molar-refractivity contribution in [2.24, 2.45) is 0 Å². The second kappa shape index (κ2) is 4.53. The van der Waals surface area contributed by atoms with Gasteiger partial charge in [-0.3, -0.25) is 4.57 Å². The molecule has 0 bridgehead atoms. The van der Waals surface area contributed by atoms with Crippen molar-refractivity contribution in [2.75, 3.05) is 13.7 Å². The van der Waals surface area contributed by atoms with Crippen molar-refractivity contribution in [1.82, 2.24) is 0 Å². The van der Waals surface area contributed by atoms with Crippen LogP contribution in [0.15, 0.2) is 11.9 Å². The Labute approximate surface area is 81.3 Å². The fourth-order valence-corrected chi connectivity index (χ4v) is 1.58. The Kier molecular flexibility index (Phi) is 3.83.